The smallest absolute Gasteiger partial charge is 0.237 e. The number of imide groups is 1. The van der Waals surface area contributed by atoms with Crippen LogP contribution in [0.15, 0.2) is 24.3 Å². The average Bonchev–Trinajstić information content (AvgIpc) is 3.32. The maximum absolute atomic E-state index is 12.9. The summed E-state index contributed by atoms with van der Waals surface area (Å²) < 4.78 is 5.21. The van der Waals surface area contributed by atoms with Crippen LogP contribution >= 0.6 is 0 Å². The Morgan fingerprint density at radius 2 is 1.84 bits per heavy atom. The van der Waals surface area contributed by atoms with Crippen molar-refractivity contribution in [2.24, 2.45) is 5.41 Å². The molecule has 5 nitrogen and oxygen atoms in total. The first-order valence-corrected chi connectivity index (χ1v) is 9.33. The summed E-state index contributed by atoms with van der Waals surface area (Å²) in [6.07, 6.45) is 6.64. The maximum Gasteiger partial charge on any atom is 0.237 e. The zero-order valence-corrected chi connectivity index (χ0v) is 14.9. The highest BCUT2D eigenvalue weighted by Gasteiger charge is 2.53. The van der Waals surface area contributed by atoms with E-state index in [0.717, 1.165) is 50.8 Å². The lowest BCUT2D eigenvalue weighted by atomic mass is 9.85. The summed E-state index contributed by atoms with van der Waals surface area (Å²) in [5.41, 5.74) is 0.814. The molecule has 3 aliphatic rings. The number of amides is 2. The molecule has 134 valence electrons. The molecule has 5 heteroatoms. The normalized spacial score (nSPS) is 22.4. The van der Waals surface area contributed by atoms with Crippen LogP contribution in [0.3, 0.4) is 0 Å². The second-order valence-corrected chi connectivity index (χ2v) is 7.76. The van der Waals surface area contributed by atoms with E-state index < -0.39 is 0 Å². The number of nitrogens with zero attached hydrogens (tertiary/aromatic N) is 2. The van der Waals surface area contributed by atoms with Gasteiger partial charge in [-0.2, -0.15) is 0 Å². The molecular weight excluding hydrogens is 316 g/mol. The molecule has 0 radical (unpaired) electrons. The third-order valence-electron chi connectivity index (χ3n) is 5.98. The van der Waals surface area contributed by atoms with Crippen LogP contribution in [0.25, 0.3) is 0 Å². The molecule has 0 bridgehead atoms. The van der Waals surface area contributed by atoms with E-state index in [9.17, 15) is 9.59 Å². The fourth-order valence-electron chi connectivity index (χ4n) is 4.33. The van der Waals surface area contributed by atoms with E-state index >= 15 is 0 Å². The highest BCUT2D eigenvalue weighted by Crippen LogP contribution is 2.47. The van der Waals surface area contributed by atoms with Gasteiger partial charge in [0.1, 0.15) is 5.75 Å². The molecule has 1 heterocycles. The van der Waals surface area contributed by atoms with Gasteiger partial charge in [0.25, 0.3) is 0 Å². The minimum absolute atomic E-state index is 0.0206. The topological polar surface area (TPSA) is 49.9 Å². The Morgan fingerprint density at radius 1 is 1.16 bits per heavy atom. The van der Waals surface area contributed by atoms with Gasteiger partial charge in [-0.15, -0.1) is 0 Å². The third kappa shape index (κ3) is 3.17. The van der Waals surface area contributed by atoms with E-state index in [1.807, 2.05) is 12.1 Å². The summed E-state index contributed by atoms with van der Waals surface area (Å²) in [6.45, 7) is 1.20. The molecule has 1 aliphatic heterocycles. The van der Waals surface area contributed by atoms with E-state index in [2.05, 4.69) is 17.0 Å². The van der Waals surface area contributed by atoms with E-state index in [1.54, 1.807) is 7.11 Å². The summed E-state index contributed by atoms with van der Waals surface area (Å²) in [5.74, 6) is 0.942. The number of hydrogen-bond donors (Lipinski definition) is 0. The van der Waals surface area contributed by atoms with Crippen molar-refractivity contribution in [1.82, 2.24) is 9.80 Å². The lowest BCUT2D eigenvalue weighted by Crippen LogP contribution is -2.43. The number of rotatable bonds is 6. The monoisotopic (exact) mass is 342 g/mol. The molecule has 0 atom stereocenters. The second-order valence-electron chi connectivity index (χ2n) is 7.76. The molecule has 0 N–H and O–H groups in total. The molecule has 1 aromatic rings. The predicted molar refractivity (Wildman–Crippen MR) is 93.8 cm³/mol. The van der Waals surface area contributed by atoms with Crippen molar-refractivity contribution in [3.8, 4) is 5.75 Å². The average molecular weight is 342 g/mol. The van der Waals surface area contributed by atoms with Crippen molar-refractivity contribution in [2.75, 3.05) is 13.8 Å². The number of likely N-dealkylation sites (tertiary alicyclic amines) is 1. The summed E-state index contributed by atoms with van der Waals surface area (Å²) in [4.78, 5) is 29.3. The van der Waals surface area contributed by atoms with Gasteiger partial charge in [0.05, 0.1) is 19.2 Å². The van der Waals surface area contributed by atoms with Gasteiger partial charge >= 0.3 is 0 Å². The number of carbonyl (C=O) groups is 2. The highest BCUT2D eigenvalue weighted by atomic mass is 16.5. The molecular formula is C20H26N2O3. The zero-order valence-electron chi connectivity index (χ0n) is 14.9. The largest absolute Gasteiger partial charge is 0.497 e. The van der Waals surface area contributed by atoms with E-state index in [-0.39, 0.29) is 17.2 Å². The standard InChI is InChI=1S/C20H26N2O3/c1-25-17-8-4-15(5-9-17)13-21(16-6-7-16)14-22-18(23)12-20(19(22)24)10-2-3-11-20/h4-5,8-9,16H,2-3,6-7,10-14H2,1H3. The van der Waals surface area contributed by atoms with Crippen molar-refractivity contribution in [3.63, 3.8) is 0 Å². The van der Waals surface area contributed by atoms with Gasteiger partial charge in [0, 0.05) is 19.0 Å². The number of carbonyl (C=O) groups excluding carboxylic acids is 2. The summed E-state index contributed by atoms with van der Waals surface area (Å²) in [5, 5.41) is 0. The first kappa shape index (κ1) is 16.6. The van der Waals surface area contributed by atoms with E-state index in [0.29, 0.717) is 19.1 Å². The van der Waals surface area contributed by atoms with Crippen molar-refractivity contribution in [1.29, 1.82) is 0 Å². The van der Waals surface area contributed by atoms with Crippen LogP contribution in [0.2, 0.25) is 0 Å². The van der Waals surface area contributed by atoms with Crippen LogP contribution in [-0.2, 0) is 16.1 Å². The Bertz CT molecular complexity index is 660. The molecule has 1 spiro atoms. The van der Waals surface area contributed by atoms with Gasteiger partial charge < -0.3 is 4.74 Å². The maximum atomic E-state index is 12.9. The van der Waals surface area contributed by atoms with Gasteiger partial charge in [-0.1, -0.05) is 25.0 Å². The predicted octanol–water partition coefficient (Wildman–Crippen LogP) is 2.94. The first-order chi connectivity index (χ1) is 12.1. The molecule has 25 heavy (non-hydrogen) atoms. The molecule has 2 aliphatic carbocycles. The Hall–Kier alpha value is -1.88. The SMILES string of the molecule is COc1ccc(CN(CN2C(=O)CC3(CCCC3)C2=O)C2CC2)cc1. The van der Waals surface area contributed by atoms with Crippen molar-refractivity contribution in [2.45, 2.75) is 57.5 Å². The minimum Gasteiger partial charge on any atom is -0.497 e. The van der Waals surface area contributed by atoms with Crippen LogP contribution in [0, 0.1) is 5.41 Å². The molecule has 1 aromatic carbocycles. The number of methoxy groups -OCH3 is 1. The Morgan fingerprint density at radius 3 is 2.44 bits per heavy atom. The lowest BCUT2D eigenvalue weighted by molar-refractivity contribution is -0.144. The van der Waals surface area contributed by atoms with Crippen LogP contribution in [0.4, 0.5) is 0 Å². The number of benzene rings is 1. The Balaban J connectivity index is 1.46. The molecule has 2 saturated carbocycles. The minimum atomic E-state index is -0.369. The van der Waals surface area contributed by atoms with Crippen LogP contribution < -0.4 is 4.74 Å². The fourth-order valence-corrected chi connectivity index (χ4v) is 4.33. The first-order valence-electron chi connectivity index (χ1n) is 9.33. The zero-order chi connectivity index (χ0) is 17.4. The molecule has 2 amide bonds. The van der Waals surface area contributed by atoms with Crippen LogP contribution in [0.1, 0.15) is 50.5 Å². The van der Waals surface area contributed by atoms with Gasteiger partial charge in [0.2, 0.25) is 11.8 Å². The molecule has 4 rings (SSSR count). The lowest BCUT2D eigenvalue weighted by Gasteiger charge is -2.28. The van der Waals surface area contributed by atoms with E-state index in [4.69, 9.17) is 4.74 Å². The Labute approximate surface area is 148 Å². The second kappa shape index (κ2) is 6.45. The van der Waals surface area contributed by atoms with Crippen molar-refractivity contribution < 1.29 is 14.3 Å². The van der Waals surface area contributed by atoms with Crippen molar-refractivity contribution >= 4 is 11.8 Å². The summed E-state index contributed by atoms with van der Waals surface area (Å²) in [7, 11) is 1.66. The number of ether oxygens (including phenoxy) is 1. The van der Waals surface area contributed by atoms with Crippen LogP contribution in [-0.4, -0.2) is 41.4 Å². The van der Waals surface area contributed by atoms with Gasteiger partial charge in [-0.25, -0.2) is 0 Å². The Kier molecular flexibility index (Phi) is 4.28. The van der Waals surface area contributed by atoms with E-state index in [1.165, 1.54) is 10.5 Å². The third-order valence-corrected chi connectivity index (χ3v) is 5.98. The van der Waals surface area contributed by atoms with Gasteiger partial charge in [-0.05, 0) is 43.4 Å². The van der Waals surface area contributed by atoms with Gasteiger partial charge in [0.15, 0.2) is 0 Å². The van der Waals surface area contributed by atoms with Crippen molar-refractivity contribution in [3.05, 3.63) is 29.8 Å². The molecule has 0 unspecified atom stereocenters. The fraction of sp³-hybridized carbons (Fsp3) is 0.600. The molecule has 0 aromatic heterocycles. The summed E-state index contributed by atoms with van der Waals surface area (Å²) in [6, 6.07) is 8.52. The number of hydrogen-bond acceptors (Lipinski definition) is 4. The molecule has 3 fully saturated rings. The quantitative estimate of drug-likeness (QED) is 0.746. The van der Waals surface area contributed by atoms with Gasteiger partial charge in [-0.3, -0.25) is 19.4 Å². The molecule has 1 saturated heterocycles. The highest BCUT2D eigenvalue weighted by molar-refractivity contribution is 6.06. The van der Waals surface area contributed by atoms with Crippen LogP contribution in [0.5, 0.6) is 5.75 Å². The summed E-state index contributed by atoms with van der Waals surface area (Å²) >= 11 is 0.